The molecule has 1 fully saturated rings. The maximum Gasteiger partial charge on any atom is 0.308 e. The molecule has 0 aromatic heterocycles. The highest BCUT2D eigenvalue weighted by atomic mass is 16.5. The summed E-state index contributed by atoms with van der Waals surface area (Å²) in [6, 6.07) is -0.00571. The van der Waals surface area contributed by atoms with E-state index < -0.39 is 0 Å². The van der Waals surface area contributed by atoms with E-state index in [9.17, 15) is 4.79 Å². The molecule has 0 saturated heterocycles. The van der Waals surface area contributed by atoms with Crippen molar-refractivity contribution in [2.45, 2.75) is 38.3 Å². The van der Waals surface area contributed by atoms with E-state index in [2.05, 4.69) is 0 Å². The molecule has 13 heavy (non-hydrogen) atoms. The molecule has 76 valence electrons. The van der Waals surface area contributed by atoms with Crippen LogP contribution in [0.4, 0.5) is 0 Å². The third-order valence-electron chi connectivity index (χ3n) is 2.58. The summed E-state index contributed by atoms with van der Waals surface area (Å²) >= 11 is 0. The zero-order valence-electron chi connectivity index (χ0n) is 8.03. The monoisotopic (exact) mass is 186 g/mol. The van der Waals surface area contributed by atoms with E-state index >= 15 is 0 Å². The maximum absolute atomic E-state index is 11.3. The fourth-order valence-corrected chi connectivity index (χ4v) is 1.70. The first-order valence-electron chi connectivity index (χ1n) is 4.83. The highest BCUT2D eigenvalue weighted by Crippen LogP contribution is 2.23. The molecule has 0 radical (unpaired) electrons. The summed E-state index contributed by atoms with van der Waals surface area (Å²) < 4.78 is 4.93. The van der Waals surface area contributed by atoms with Crippen molar-refractivity contribution in [3.05, 3.63) is 0 Å². The first-order valence-corrected chi connectivity index (χ1v) is 4.83. The minimum atomic E-state index is -0.121. The molecule has 0 aromatic carbocycles. The molecule has 1 aliphatic rings. The molecule has 1 rings (SSSR count). The lowest BCUT2D eigenvalue weighted by molar-refractivity contribution is -0.149. The molecule has 0 spiro atoms. The number of carbonyl (C=O) groups is 1. The molecule has 0 aromatic rings. The standard InChI is InChI=1S/C9H18N2O2/c1-2-13-9(12)6-3-4-7(10)8(11)5-6/h6-8H,2-5,10-11H2,1H3/t6-,7-,8+/m1/s1. The van der Waals surface area contributed by atoms with Gasteiger partial charge in [-0.1, -0.05) is 0 Å². The Bertz CT molecular complexity index is 184. The second kappa shape index (κ2) is 4.58. The van der Waals surface area contributed by atoms with Crippen molar-refractivity contribution in [3.8, 4) is 0 Å². The van der Waals surface area contributed by atoms with Gasteiger partial charge in [0, 0.05) is 12.1 Å². The zero-order valence-corrected chi connectivity index (χ0v) is 8.03. The SMILES string of the molecule is CCOC(=O)[C@@H]1CC[C@@H](N)[C@@H](N)C1. The molecule has 0 aliphatic heterocycles. The van der Waals surface area contributed by atoms with Crippen LogP contribution in [0.1, 0.15) is 26.2 Å². The molecule has 4 N–H and O–H groups in total. The van der Waals surface area contributed by atoms with Crippen LogP contribution in [0.3, 0.4) is 0 Å². The van der Waals surface area contributed by atoms with Gasteiger partial charge < -0.3 is 16.2 Å². The molecule has 1 saturated carbocycles. The van der Waals surface area contributed by atoms with E-state index in [1.54, 1.807) is 0 Å². The Labute approximate surface area is 78.6 Å². The van der Waals surface area contributed by atoms with E-state index in [4.69, 9.17) is 16.2 Å². The van der Waals surface area contributed by atoms with Gasteiger partial charge in [-0.25, -0.2) is 0 Å². The van der Waals surface area contributed by atoms with Gasteiger partial charge in [0.25, 0.3) is 0 Å². The number of hydrogen-bond acceptors (Lipinski definition) is 4. The van der Waals surface area contributed by atoms with E-state index in [-0.39, 0.29) is 24.0 Å². The molecule has 0 bridgehead atoms. The first-order chi connectivity index (χ1) is 6.15. The van der Waals surface area contributed by atoms with Gasteiger partial charge in [0.1, 0.15) is 0 Å². The summed E-state index contributed by atoms with van der Waals surface area (Å²) in [6.45, 7) is 2.25. The highest BCUT2D eigenvalue weighted by Gasteiger charge is 2.30. The smallest absolute Gasteiger partial charge is 0.308 e. The topological polar surface area (TPSA) is 78.3 Å². The summed E-state index contributed by atoms with van der Waals surface area (Å²) in [7, 11) is 0. The number of nitrogens with two attached hydrogens (primary N) is 2. The van der Waals surface area contributed by atoms with Gasteiger partial charge in [-0.3, -0.25) is 4.79 Å². The minimum Gasteiger partial charge on any atom is -0.466 e. The average molecular weight is 186 g/mol. The second-order valence-corrected chi connectivity index (χ2v) is 3.59. The maximum atomic E-state index is 11.3. The summed E-state index contributed by atoms with van der Waals surface area (Å²) in [5, 5.41) is 0. The third kappa shape index (κ3) is 2.67. The number of carbonyl (C=O) groups excluding carboxylic acids is 1. The normalized spacial score (nSPS) is 34.2. The molecule has 0 heterocycles. The van der Waals surface area contributed by atoms with Crippen molar-refractivity contribution in [1.29, 1.82) is 0 Å². The van der Waals surface area contributed by atoms with Crippen LogP contribution < -0.4 is 11.5 Å². The van der Waals surface area contributed by atoms with Crippen LogP contribution in [0.15, 0.2) is 0 Å². The van der Waals surface area contributed by atoms with E-state index in [0.29, 0.717) is 13.0 Å². The van der Waals surface area contributed by atoms with Crippen LogP contribution in [0.2, 0.25) is 0 Å². The van der Waals surface area contributed by atoms with Gasteiger partial charge in [-0.05, 0) is 26.2 Å². The van der Waals surface area contributed by atoms with Crippen molar-refractivity contribution < 1.29 is 9.53 Å². The second-order valence-electron chi connectivity index (χ2n) is 3.59. The Morgan fingerprint density at radius 1 is 1.38 bits per heavy atom. The number of rotatable bonds is 2. The van der Waals surface area contributed by atoms with Crippen molar-refractivity contribution in [2.75, 3.05) is 6.61 Å². The first kappa shape index (κ1) is 10.5. The number of esters is 1. The lowest BCUT2D eigenvalue weighted by Crippen LogP contribution is -2.47. The Balaban J connectivity index is 2.40. The summed E-state index contributed by atoms with van der Waals surface area (Å²) in [5.74, 6) is -0.153. The average Bonchev–Trinajstić information content (AvgIpc) is 2.10. The molecule has 3 atom stereocenters. The Morgan fingerprint density at radius 3 is 2.62 bits per heavy atom. The third-order valence-corrected chi connectivity index (χ3v) is 2.58. The van der Waals surface area contributed by atoms with Crippen LogP contribution >= 0.6 is 0 Å². The molecule has 0 unspecified atom stereocenters. The van der Waals surface area contributed by atoms with Crippen LogP contribution in [-0.4, -0.2) is 24.7 Å². The van der Waals surface area contributed by atoms with Crippen molar-refractivity contribution in [1.82, 2.24) is 0 Å². The molecular formula is C9H18N2O2. The number of ether oxygens (including phenoxy) is 1. The number of hydrogen-bond donors (Lipinski definition) is 2. The molecule has 0 amide bonds. The molecule has 1 aliphatic carbocycles. The zero-order chi connectivity index (χ0) is 9.84. The van der Waals surface area contributed by atoms with Gasteiger partial charge in [-0.15, -0.1) is 0 Å². The highest BCUT2D eigenvalue weighted by molar-refractivity contribution is 5.72. The fraction of sp³-hybridized carbons (Fsp3) is 0.889. The van der Waals surface area contributed by atoms with Crippen molar-refractivity contribution in [2.24, 2.45) is 17.4 Å². The predicted octanol–water partition coefficient (Wildman–Crippen LogP) is 0.00420. The Hall–Kier alpha value is -0.610. The lowest BCUT2D eigenvalue weighted by atomic mass is 9.83. The predicted molar refractivity (Wildman–Crippen MR) is 49.9 cm³/mol. The van der Waals surface area contributed by atoms with Gasteiger partial charge in [0.2, 0.25) is 0 Å². The minimum absolute atomic E-state index is 0.0326. The Morgan fingerprint density at radius 2 is 2.08 bits per heavy atom. The quantitative estimate of drug-likeness (QED) is 0.595. The van der Waals surface area contributed by atoms with Crippen molar-refractivity contribution in [3.63, 3.8) is 0 Å². The fourth-order valence-electron chi connectivity index (χ4n) is 1.70. The van der Waals surface area contributed by atoms with Gasteiger partial charge in [-0.2, -0.15) is 0 Å². The van der Waals surface area contributed by atoms with Crippen LogP contribution in [-0.2, 0) is 9.53 Å². The largest absolute Gasteiger partial charge is 0.466 e. The van der Waals surface area contributed by atoms with E-state index in [0.717, 1.165) is 12.8 Å². The van der Waals surface area contributed by atoms with Gasteiger partial charge in [0.05, 0.1) is 12.5 Å². The summed E-state index contributed by atoms with van der Waals surface area (Å²) in [4.78, 5) is 11.3. The van der Waals surface area contributed by atoms with Crippen LogP contribution in [0, 0.1) is 5.92 Å². The summed E-state index contributed by atoms with van der Waals surface area (Å²) in [6.07, 6.45) is 2.30. The van der Waals surface area contributed by atoms with Gasteiger partial charge in [0.15, 0.2) is 0 Å². The molecule has 4 heteroatoms. The van der Waals surface area contributed by atoms with Crippen LogP contribution in [0.25, 0.3) is 0 Å². The van der Waals surface area contributed by atoms with E-state index in [1.165, 1.54) is 0 Å². The summed E-state index contributed by atoms with van der Waals surface area (Å²) in [5.41, 5.74) is 11.5. The molecule has 4 nitrogen and oxygen atoms in total. The van der Waals surface area contributed by atoms with Crippen LogP contribution in [0.5, 0.6) is 0 Å². The molecular weight excluding hydrogens is 168 g/mol. The van der Waals surface area contributed by atoms with Gasteiger partial charge >= 0.3 is 5.97 Å². The van der Waals surface area contributed by atoms with E-state index in [1.807, 2.05) is 6.92 Å². The van der Waals surface area contributed by atoms with Crippen molar-refractivity contribution >= 4 is 5.97 Å². The Kier molecular flexibility index (Phi) is 3.69. The lowest BCUT2D eigenvalue weighted by Gasteiger charge is -2.30.